The first kappa shape index (κ1) is 22.2. The molecule has 31 heavy (non-hydrogen) atoms. The average Bonchev–Trinajstić information content (AvgIpc) is 2.76. The van der Waals surface area contributed by atoms with Crippen LogP contribution in [-0.4, -0.2) is 17.5 Å². The molecule has 160 valence electrons. The zero-order valence-corrected chi connectivity index (χ0v) is 17.8. The lowest BCUT2D eigenvalue weighted by atomic mass is 9.93. The van der Waals surface area contributed by atoms with Gasteiger partial charge in [0.15, 0.2) is 0 Å². The Morgan fingerprint density at radius 1 is 1.10 bits per heavy atom. The van der Waals surface area contributed by atoms with Gasteiger partial charge in [-0.25, -0.2) is 8.78 Å². The Balaban J connectivity index is 2.19. The van der Waals surface area contributed by atoms with E-state index in [1.165, 1.54) is 27.7 Å². The van der Waals surface area contributed by atoms with E-state index in [1.54, 1.807) is 26.4 Å². The number of aromatic nitrogens is 1. The Hall–Kier alpha value is -3.54. The number of rotatable bonds is 6. The van der Waals surface area contributed by atoms with Gasteiger partial charge in [-0.3, -0.25) is 9.59 Å². The molecule has 2 aromatic carbocycles. The van der Waals surface area contributed by atoms with Gasteiger partial charge in [-0.2, -0.15) is 0 Å². The van der Waals surface area contributed by atoms with E-state index in [-0.39, 0.29) is 17.9 Å². The molecule has 0 radical (unpaired) electrons. The van der Waals surface area contributed by atoms with Gasteiger partial charge < -0.3 is 9.47 Å². The SMILES string of the molecule is C=CC(=O)N(C)c1ccc(Cc2ccc(F)cc2F)c(-c2cc(CC)c(=O)n(C)c2)c1. The van der Waals surface area contributed by atoms with Crippen LogP contribution in [0.4, 0.5) is 14.5 Å². The minimum atomic E-state index is -0.632. The standard InChI is InChI=1S/C25H24F2N2O2/c1-5-16-11-19(15-28(3)25(16)31)22-14-21(29(4)24(30)6-2)10-8-17(22)12-18-7-9-20(26)13-23(18)27/h6-11,13-15H,2,5,12H2,1,3-4H3. The number of anilines is 1. The molecule has 6 heteroatoms. The maximum absolute atomic E-state index is 14.3. The van der Waals surface area contributed by atoms with Gasteiger partial charge in [0, 0.05) is 44.0 Å². The molecule has 0 aliphatic heterocycles. The van der Waals surface area contributed by atoms with Gasteiger partial charge in [-0.05, 0) is 59.0 Å². The van der Waals surface area contributed by atoms with Crippen molar-refractivity contribution in [3.05, 3.63) is 100.0 Å². The Bertz CT molecular complexity index is 1210. The van der Waals surface area contributed by atoms with E-state index >= 15 is 0 Å². The van der Waals surface area contributed by atoms with E-state index in [2.05, 4.69) is 6.58 Å². The summed E-state index contributed by atoms with van der Waals surface area (Å²) in [4.78, 5) is 25.9. The van der Waals surface area contributed by atoms with E-state index in [1.807, 2.05) is 25.1 Å². The molecule has 0 aliphatic rings. The quantitative estimate of drug-likeness (QED) is 0.544. The molecule has 0 unspecified atom stereocenters. The predicted octanol–water partition coefficient (Wildman–Crippen LogP) is 4.63. The molecular formula is C25H24F2N2O2. The number of halogens is 2. The highest BCUT2D eigenvalue weighted by Crippen LogP contribution is 2.31. The predicted molar refractivity (Wildman–Crippen MR) is 119 cm³/mol. The van der Waals surface area contributed by atoms with Gasteiger partial charge in [0.1, 0.15) is 11.6 Å². The summed E-state index contributed by atoms with van der Waals surface area (Å²) in [6, 6.07) is 10.7. The zero-order valence-electron chi connectivity index (χ0n) is 17.8. The number of amides is 1. The lowest BCUT2D eigenvalue weighted by molar-refractivity contribution is -0.113. The minimum absolute atomic E-state index is 0.0764. The molecule has 1 aromatic heterocycles. The van der Waals surface area contributed by atoms with Crippen molar-refractivity contribution in [2.75, 3.05) is 11.9 Å². The topological polar surface area (TPSA) is 42.3 Å². The number of benzene rings is 2. The van der Waals surface area contributed by atoms with Crippen molar-refractivity contribution in [1.82, 2.24) is 4.57 Å². The molecule has 0 saturated heterocycles. The smallest absolute Gasteiger partial charge is 0.253 e. The summed E-state index contributed by atoms with van der Waals surface area (Å²) in [7, 11) is 3.32. The average molecular weight is 422 g/mol. The van der Waals surface area contributed by atoms with Crippen molar-refractivity contribution in [2.24, 2.45) is 7.05 Å². The summed E-state index contributed by atoms with van der Waals surface area (Å²) in [5.41, 5.74) is 3.89. The molecule has 0 N–H and O–H groups in total. The monoisotopic (exact) mass is 422 g/mol. The first-order valence-electron chi connectivity index (χ1n) is 9.92. The highest BCUT2D eigenvalue weighted by molar-refractivity contribution is 6.01. The summed E-state index contributed by atoms with van der Waals surface area (Å²) < 4.78 is 29.2. The van der Waals surface area contributed by atoms with Gasteiger partial charge in [0.25, 0.3) is 5.56 Å². The van der Waals surface area contributed by atoms with Gasteiger partial charge in [-0.15, -0.1) is 0 Å². The molecule has 0 saturated carbocycles. The molecule has 0 atom stereocenters. The number of pyridine rings is 1. The molecule has 3 rings (SSSR count). The third kappa shape index (κ3) is 4.63. The minimum Gasteiger partial charge on any atom is -0.318 e. The van der Waals surface area contributed by atoms with E-state index in [4.69, 9.17) is 0 Å². The Kier molecular flexibility index (Phi) is 6.49. The van der Waals surface area contributed by atoms with Gasteiger partial charge >= 0.3 is 0 Å². The lowest BCUT2D eigenvalue weighted by Gasteiger charge is -2.19. The van der Waals surface area contributed by atoms with Crippen molar-refractivity contribution in [3.8, 4) is 11.1 Å². The third-order valence-electron chi connectivity index (χ3n) is 5.33. The summed E-state index contributed by atoms with van der Waals surface area (Å²) in [5.74, 6) is -1.52. The summed E-state index contributed by atoms with van der Waals surface area (Å²) in [5, 5.41) is 0. The highest BCUT2D eigenvalue weighted by Gasteiger charge is 2.15. The number of hydrogen-bond donors (Lipinski definition) is 0. The van der Waals surface area contributed by atoms with Crippen molar-refractivity contribution in [1.29, 1.82) is 0 Å². The van der Waals surface area contributed by atoms with Crippen molar-refractivity contribution in [3.63, 3.8) is 0 Å². The number of aryl methyl sites for hydroxylation is 2. The first-order chi connectivity index (χ1) is 14.7. The molecule has 0 fully saturated rings. The Morgan fingerprint density at radius 2 is 1.81 bits per heavy atom. The second kappa shape index (κ2) is 9.08. The molecule has 0 bridgehead atoms. The summed E-state index contributed by atoms with van der Waals surface area (Å²) in [6.07, 6.45) is 3.74. The molecule has 0 aliphatic carbocycles. The maximum Gasteiger partial charge on any atom is 0.253 e. The Morgan fingerprint density at radius 3 is 2.45 bits per heavy atom. The van der Waals surface area contributed by atoms with E-state index in [9.17, 15) is 18.4 Å². The number of carbonyl (C=O) groups excluding carboxylic acids is 1. The van der Waals surface area contributed by atoms with Crippen molar-refractivity contribution < 1.29 is 13.6 Å². The van der Waals surface area contributed by atoms with Crippen LogP contribution in [0.1, 0.15) is 23.6 Å². The van der Waals surface area contributed by atoms with Crippen molar-refractivity contribution in [2.45, 2.75) is 19.8 Å². The van der Waals surface area contributed by atoms with Crippen molar-refractivity contribution >= 4 is 11.6 Å². The van der Waals surface area contributed by atoms with Crippen LogP contribution in [0.3, 0.4) is 0 Å². The molecule has 0 spiro atoms. The van der Waals surface area contributed by atoms with Gasteiger partial charge in [-0.1, -0.05) is 25.6 Å². The zero-order chi connectivity index (χ0) is 22.7. The number of nitrogens with zero attached hydrogens (tertiary/aromatic N) is 2. The molecule has 3 aromatic rings. The van der Waals surface area contributed by atoms with Crippen LogP contribution in [0.15, 0.2) is 66.1 Å². The largest absolute Gasteiger partial charge is 0.318 e. The molecule has 4 nitrogen and oxygen atoms in total. The number of carbonyl (C=O) groups is 1. The fourth-order valence-corrected chi connectivity index (χ4v) is 3.51. The highest BCUT2D eigenvalue weighted by atomic mass is 19.1. The molecule has 1 heterocycles. The van der Waals surface area contributed by atoms with Gasteiger partial charge in [0.05, 0.1) is 0 Å². The fraction of sp³-hybridized carbons (Fsp3) is 0.200. The van der Waals surface area contributed by atoms with E-state index in [0.717, 1.165) is 22.8 Å². The first-order valence-corrected chi connectivity index (χ1v) is 9.92. The lowest BCUT2D eigenvalue weighted by Crippen LogP contribution is -2.24. The second-order valence-corrected chi connectivity index (χ2v) is 7.38. The van der Waals surface area contributed by atoms with Crippen LogP contribution in [0.5, 0.6) is 0 Å². The third-order valence-corrected chi connectivity index (χ3v) is 5.33. The summed E-state index contributed by atoms with van der Waals surface area (Å²) in [6.45, 7) is 5.43. The maximum atomic E-state index is 14.3. The number of likely N-dealkylation sites (N-methyl/N-ethyl adjacent to an activating group) is 1. The fourth-order valence-electron chi connectivity index (χ4n) is 3.51. The van der Waals surface area contributed by atoms with Crippen LogP contribution < -0.4 is 10.5 Å². The molecular weight excluding hydrogens is 398 g/mol. The molecule has 1 amide bonds. The summed E-state index contributed by atoms with van der Waals surface area (Å²) >= 11 is 0. The van der Waals surface area contributed by atoms with Crippen LogP contribution in [0, 0.1) is 11.6 Å². The normalized spacial score (nSPS) is 10.7. The van der Waals surface area contributed by atoms with Crippen LogP contribution in [0.25, 0.3) is 11.1 Å². The number of hydrogen-bond acceptors (Lipinski definition) is 2. The van der Waals surface area contributed by atoms with E-state index in [0.29, 0.717) is 23.2 Å². The van der Waals surface area contributed by atoms with Crippen LogP contribution in [-0.2, 0) is 24.7 Å². The second-order valence-electron chi connectivity index (χ2n) is 7.38. The van der Waals surface area contributed by atoms with Crippen LogP contribution >= 0.6 is 0 Å². The Labute approximate surface area is 180 Å². The van der Waals surface area contributed by atoms with E-state index < -0.39 is 11.6 Å². The van der Waals surface area contributed by atoms with Gasteiger partial charge in [0.2, 0.25) is 5.91 Å². The van der Waals surface area contributed by atoms with Crippen LogP contribution in [0.2, 0.25) is 0 Å².